The van der Waals surface area contributed by atoms with E-state index in [2.05, 4.69) is 10.6 Å². The van der Waals surface area contributed by atoms with Gasteiger partial charge in [0.2, 0.25) is 0 Å². The van der Waals surface area contributed by atoms with E-state index in [1.54, 1.807) is 26.4 Å². The molecule has 262 valence electrons. The molecule has 0 aromatic heterocycles. The minimum atomic E-state index is -0.272. The maximum atomic E-state index is 13.6. The van der Waals surface area contributed by atoms with Gasteiger partial charge in [-0.15, -0.1) is 0 Å². The van der Waals surface area contributed by atoms with Crippen molar-refractivity contribution >= 4 is 66.7 Å². The first-order chi connectivity index (χ1) is 25.4. The minimum Gasteiger partial charge on any atom is -0.497 e. The van der Waals surface area contributed by atoms with E-state index < -0.39 is 0 Å². The van der Waals surface area contributed by atoms with E-state index in [0.717, 1.165) is 69.0 Å². The third-order valence-electron chi connectivity index (χ3n) is 10.3. The van der Waals surface area contributed by atoms with Gasteiger partial charge in [-0.2, -0.15) is 0 Å². The first-order valence-electron chi connectivity index (χ1n) is 17.6. The zero-order valence-electron chi connectivity index (χ0n) is 29.1. The number of unbranched alkanes of at least 4 members (excludes halogenated alkanes) is 1. The quantitative estimate of drug-likeness (QED) is 0.0838. The summed E-state index contributed by atoms with van der Waals surface area (Å²) in [5.41, 5.74) is 1.78. The lowest BCUT2D eigenvalue weighted by Gasteiger charge is -2.15. The standard InChI is InChI=1S/C42H38N4O6/c1-51-29-13-9-25-5-7-27-11-15-31-37(35(27)33(25)23-29)41(49)45(39(31)47)21-19-43-17-3-4-18-44-20-22-46-40(48)32-16-12-28-8-6-26-10-14-30(52-2)24-34(26)36(28)38(32)42(46)50/h5-16,23-24,43-44H,3-4,17-22H2,1-2H3. The number of carbonyl (C=O) groups is 4. The molecule has 2 aliphatic heterocycles. The number of rotatable bonds is 13. The van der Waals surface area contributed by atoms with Crippen LogP contribution in [0.15, 0.2) is 84.9 Å². The fraction of sp³-hybridized carbons (Fsp3) is 0.238. The Morgan fingerprint density at radius 1 is 0.481 bits per heavy atom. The fourth-order valence-electron chi connectivity index (χ4n) is 7.59. The third-order valence-corrected chi connectivity index (χ3v) is 10.3. The molecule has 0 spiro atoms. The Morgan fingerprint density at radius 2 is 0.865 bits per heavy atom. The van der Waals surface area contributed by atoms with E-state index in [-0.39, 0.29) is 36.7 Å². The van der Waals surface area contributed by atoms with Crippen LogP contribution < -0.4 is 20.1 Å². The van der Waals surface area contributed by atoms with Crippen LogP contribution >= 0.6 is 0 Å². The second kappa shape index (κ2) is 13.7. The number of ether oxygens (including phenoxy) is 2. The largest absolute Gasteiger partial charge is 0.497 e. The Bertz CT molecular complexity index is 2290. The van der Waals surface area contributed by atoms with Crippen molar-refractivity contribution in [2.24, 2.45) is 0 Å². The van der Waals surface area contributed by atoms with E-state index in [1.165, 1.54) is 9.80 Å². The zero-order chi connectivity index (χ0) is 35.9. The molecule has 0 atom stereocenters. The zero-order valence-corrected chi connectivity index (χ0v) is 29.1. The number of nitrogens with zero attached hydrogens (tertiary/aromatic N) is 2. The van der Waals surface area contributed by atoms with Gasteiger partial charge in [-0.1, -0.05) is 48.5 Å². The van der Waals surface area contributed by atoms with E-state index in [9.17, 15) is 19.2 Å². The highest BCUT2D eigenvalue weighted by Gasteiger charge is 2.38. The van der Waals surface area contributed by atoms with Crippen molar-refractivity contribution in [2.75, 3.05) is 53.5 Å². The molecule has 0 saturated heterocycles. The van der Waals surface area contributed by atoms with Crippen LogP contribution in [0.3, 0.4) is 0 Å². The van der Waals surface area contributed by atoms with Gasteiger partial charge in [0.05, 0.1) is 36.5 Å². The maximum absolute atomic E-state index is 13.6. The summed E-state index contributed by atoms with van der Waals surface area (Å²) in [6, 6.07) is 26.8. The number of methoxy groups -OCH3 is 2. The molecule has 8 rings (SSSR count). The monoisotopic (exact) mass is 694 g/mol. The molecular weight excluding hydrogens is 656 g/mol. The van der Waals surface area contributed by atoms with Crippen LogP contribution in [-0.4, -0.2) is 86.9 Å². The van der Waals surface area contributed by atoms with Gasteiger partial charge < -0.3 is 20.1 Å². The number of benzene rings is 6. The van der Waals surface area contributed by atoms with Gasteiger partial charge in [0.25, 0.3) is 23.6 Å². The molecular formula is C42H38N4O6. The highest BCUT2D eigenvalue weighted by molar-refractivity contribution is 6.31. The van der Waals surface area contributed by atoms with E-state index in [4.69, 9.17) is 9.47 Å². The molecule has 52 heavy (non-hydrogen) atoms. The average Bonchev–Trinajstić information content (AvgIpc) is 3.57. The lowest BCUT2D eigenvalue weighted by Crippen LogP contribution is -2.37. The van der Waals surface area contributed by atoms with Crippen molar-refractivity contribution in [1.82, 2.24) is 20.4 Å². The van der Waals surface area contributed by atoms with Crippen molar-refractivity contribution in [3.63, 3.8) is 0 Å². The fourth-order valence-corrected chi connectivity index (χ4v) is 7.59. The number of hydrogen-bond acceptors (Lipinski definition) is 8. The SMILES string of the molecule is COc1ccc2ccc3ccc4c(c3c2c1)C(=O)N(CCNCCCCNCCN1C(=O)c2ccc3ccc5ccc(OC)cc5c3c2C1=O)C4=O. The van der Waals surface area contributed by atoms with E-state index in [0.29, 0.717) is 46.8 Å². The van der Waals surface area contributed by atoms with Crippen molar-refractivity contribution in [3.8, 4) is 11.5 Å². The van der Waals surface area contributed by atoms with Crippen LogP contribution in [0.25, 0.3) is 43.1 Å². The number of hydrogen-bond donors (Lipinski definition) is 2. The van der Waals surface area contributed by atoms with Gasteiger partial charge in [-0.3, -0.25) is 29.0 Å². The summed E-state index contributed by atoms with van der Waals surface area (Å²) in [4.78, 5) is 56.5. The molecule has 0 saturated carbocycles. The number of amides is 4. The summed E-state index contributed by atoms with van der Waals surface area (Å²) < 4.78 is 10.9. The summed E-state index contributed by atoms with van der Waals surface area (Å²) in [7, 11) is 3.22. The molecule has 0 fully saturated rings. The van der Waals surface area contributed by atoms with Gasteiger partial charge in [0.1, 0.15) is 11.5 Å². The molecule has 2 N–H and O–H groups in total. The molecule has 6 aromatic carbocycles. The van der Waals surface area contributed by atoms with Crippen molar-refractivity contribution < 1.29 is 28.7 Å². The number of nitrogens with one attached hydrogen (secondary N) is 2. The predicted molar refractivity (Wildman–Crippen MR) is 202 cm³/mol. The molecule has 0 unspecified atom stereocenters. The summed E-state index contributed by atoms with van der Waals surface area (Å²) in [5, 5.41) is 13.8. The van der Waals surface area contributed by atoms with Crippen LogP contribution in [0.1, 0.15) is 54.3 Å². The third kappa shape index (κ3) is 5.60. The predicted octanol–water partition coefficient (Wildman–Crippen LogP) is 6.17. The van der Waals surface area contributed by atoms with Crippen LogP contribution in [0.4, 0.5) is 0 Å². The lowest BCUT2D eigenvalue weighted by molar-refractivity contribution is 0.0640. The molecule has 2 aliphatic rings. The Kier molecular flexibility index (Phi) is 8.78. The molecule has 0 bridgehead atoms. The van der Waals surface area contributed by atoms with Crippen molar-refractivity contribution in [3.05, 3.63) is 107 Å². The van der Waals surface area contributed by atoms with Crippen molar-refractivity contribution in [2.45, 2.75) is 12.8 Å². The van der Waals surface area contributed by atoms with Crippen LogP contribution in [0.2, 0.25) is 0 Å². The maximum Gasteiger partial charge on any atom is 0.262 e. The van der Waals surface area contributed by atoms with Crippen LogP contribution in [-0.2, 0) is 0 Å². The summed E-state index contributed by atoms with van der Waals surface area (Å²) in [6.07, 6.45) is 1.76. The highest BCUT2D eigenvalue weighted by atomic mass is 16.5. The molecule has 0 aliphatic carbocycles. The van der Waals surface area contributed by atoms with E-state index in [1.807, 2.05) is 72.8 Å². The average molecular weight is 695 g/mol. The number of imide groups is 2. The molecule has 2 heterocycles. The number of carbonyl (C=O) groups excluding carboxylic acids is 4. The molecule has 10 heteroatoms. The Labute approximate surface area is 300 Å². The van der Waals surface area contributed by atoms with Crippen molar-refractivity contribution in [1.29, 1.82) is 0 Å². The first-order valence-corrected chi connectivity index (χ1v) is 17.6. The van der Waals surface area contributed by atoms with Gasteiger partial charge in [-0.05, 0) is 94.6 Å². The van der Waals surface area contributed by atoms with Crippen LogP contribution in [0, 0.1) is 0 Å². The molecule has 0 radical (unpaired) electrons. The molecule has 10 nitrogen and oxygen atoms in total. The Balaban J connectivity index is 0.809. The summed E-state index contributed by atoms with van der Waals surface area (Å²) >= 11 is 0. The Morgan fingerprint density at radius 3 is 1.29 bits per heavy atom. The van der Waals surface area contributed by atoms with E-state index >= 15 is 0 Å². The van der Waals surface area contributed by atoms with Crippen LogP contribution in [0.5, 0.6) is 11.5 Å². The van der Waals surface area contributed by atoms with Gasteiger partial charge in [0, 0.05) is 37.0 Å². The summed E-state index contributed by atoms with van der Waals surface area (Å²) in [5.74, 6) is 0.301. The van der Waals surface area contributed by atoms with Gasteiger partial charge >= 0.3 is 0 Å². The topological polar surface area (TPSA) is 117 Å². The highest BCUT2D eigenvalue weighted by Crippen LogP contribution is 2.38. The molecule has 6 aromatic rings. The second-order valence-electron chi connectivity index (χ2n) is 13.2. The number of fused-ring (bicyclic) bond motifs is 10. The minimum absolute atomic E-state index is 0.271. The lowest BCUT2D eigenvalue weighted by atomic mass is 9.95. The first kappa shape index (κ1) is 33.3. The smallest absolute Gasteiger partial charge is 0.262 e. The Hall–Kier alpha value is -5.84. The second-order valence-corrected chi connectivity index (χ2v) is 13.2. The summed E-state index contributed by atoms with van der Waals surface area (Å²) in [6.45, 7) is 2.98. The normalized spacial score (nSPS) is 14.0. The van der Waals surface area contributed by atoms with Gasteiger partial charge in [-0.25, -0.2) is 0 Å². The van der Waals surface area contributed by atoms with Gasteiger partial charge in [0.15, 0.2) is 0 Å². The molecule has 4 amide bonds.